The number of benzene rings is 1. The van der Waals surface area contributed by atoms with Crippen LogP contribution in [0.15, 0.2) is 35.1 Å². The quantitative estimate of drug-likeness (QED) is 0.617. The molecule has 0 unspecified atom stereocenters. The molecular weight excluding hydrogens is 338 g/mol. The van der Waals surface area contributed by atoms with Crippen molar-refractivity contribution in [2.24, 2.45) is 0 Å². The highest BCUT2D eigenvalue weighted by Gasteiger charge is 2.28. The molecule has 1 aromatic heterocycles. The number of rotatable bonds is 5. The summed E-state index contributed by atoms with van der Waals surface area (Å²) in [6, 6.07) is 9.26. The SMILES string of the molecule is O=CN(C(=O)c1nc(Cc2ccccc2)[nH]c(=O)c1O)N1CCNCC1. The number of imide groups is 1. The van der Waals surface area contributed by atoms with Crippen molar-refractivity contribution in [1.29, 1.82) is 0 Å². The lowest BCUT2D eigenvalue weighted by Gasteiger charge is -2.33. The summed E-state index contributed by atoms with van der Waals surface area (Å²) < 4.78 is 0. The number of nitrogens with zero attached hydrogens (tertiary/aromatic N) is 3. The molecule has 1 aliphatic rings. The number of aromatic amines is 1. The van der Waals surface area contributed by atoms with E-state index in [1.807, 2.05) is 30.3 Å². The highest BCUT2D eigenvalue weighted by atomic mass is 16.3. The average Bonchev–Trinajstić information content (AvgIpc) is 2.66. The molecule has 9 heteroatoms. The number of carbonyl (C=O) groups excluding carboxylic acids is 2. The van der Waals surface area contributed by atoms with Gasteiger partial charge in [-0.15, -0.1) is 0 Å². The van der Waals surface area contributed by atoms with Crippen molar-refractivity contribution in [2.45, 2.75) is 6.42 Å². The zero-order chi connectivity index (χ0) is 18.5. The molecule has 0 aliphatic carbocycles. The third kappa shape index (κ3) is 3.79. The van der Waals surface area contributed by atoms with Crippen molar-refractivity contribution in [3.63, 3.8) is 0 Å². The highest BCUT2D eigenvalue weighted by Crippen LogP contribution is 2.14. The van der Waals surface area contributed by atoms with E-state index in [2.05, 4.69) is 15.3 Å². The van der Waals surface area contributed by atoms with Gasteiger partial charge in [-0.25, -0.2) is 15.0 Å². The number of nitrogens with one attached hydrogen (secondary N) is 2. The number of amides is 2. The van der Waals surface area contributed by atoms with Gasteiger partial charge in [0.1, 0.15) is 5.82 Å². The fourth-order valence-corrected chi connectivity index (χ4v) is 2.76. The summed E-state index contributed by atoms with van der Waals surface area (Å²) in [5.74, 6) is -1.40. The van der Waals surface area contributed by atoms with E-state index in [-0.39, 0.29) is 12.2 Å². The lowest BCUT2D eigenvalue weighted by molar-refractivity contribution is -0.129. The molecule has 2 amide bonds. The number of aromatic nitrogens is 2. The Bertz CT molecular complexity index is 846. The van der Waals surface area contributed by atoms with E-state index < -0.39 is 22.9 Å². The zero-order valence-electron chi connectivity index (χ0n) is 14.0. The third-order valence-corrected chi connectivity index (χ3v) is 4.07. The van der Waals surface area contributed by atoms with Crippen LogP contribution in [0.4, 0.5) is 0 Å². The van der Waals surface area contributed by atoms with Gasteiger partial charge in [0.2, 0.25) is 12.2 Å². The summed E-state index contributed by atoms with van der Waals surface area (Å²) in [6.07, 6.45) is 0.651. The van der Waals surface area contributed by atoms with Gasteiger partial charge in [0, 0.05) is 32.6 Å². The number of carbonyl (C=O) groups is 2. The summed E-state index contributed by atoms with van der Waals surface area (Å²) in [7, 11) is 0. The van der Waals surface area contributed by atoms with Gasteiger partial charge in [-0.1, -0.05) is 30.3 Å². The molecule has 0 atom stereocenters. The molecule has 1 fully saturated rings. The second kappa shape index (κ2) is 7.89. The Labute approximate surface area is 149 Å². The minimum absolute atomic E-state index is 0.230. The van der Waals surface area contributed by atoms with E-state index >= 15 is 0 Å². The maximum atomic E-state index is 12.7. The van der Waals surface area contributed by atoms with Crippen molar-refractivity contribution in [1.82, 2.24) is 25.3 Å². The fraction of sp³-hybridized carbons (Fsp3) is 0.294. The smallest absolute Gasteiger partial charge is 0.297 e. The van der Waals surface area contributed by atoms with E-state index in [1.165, 1.54) is 0 Å². The monoisotopic (exact) mass is 357 g/mol. The largest absolute Gasteiger partial charge is 0.501 e. The second-order valence-corrected chi connectivity index (χ2v) is 5.83. The minimum atomic E-state index is -0.834. The first-order valence-electron chi connectivity index (χ1n) is 8.20. The topological polar surface area (TPSA) is 119 Å². The lowest BCUT2D eigenvalue weighted by Crippen LogP contribution is -2.54. The summed E-state index contributed by atoms with van der Waals surface area (Å²) in [5, 5.41) is 15.5. The Morgan fingerprint density at radius 3 is 2.62 bits per heavy atom. The van der Waals surface area contributed by atoms with Crippen LogP contribution in [-0.2, 0) is 11.2 Å². The maximum absolute atomic E-state index is 12.7. The van der Waals surface area contributed by atoms with Crippen LogP contribution in [-0.4, -0.2) is 63.6 Å². The fourth-order valence-electron chi connectivity index (χ4n) is 2.76. The molecule has 3 N–H and O–H groups in total. The van der Waals surface area contributed by atoms with Crippen molar-refractivity contribution >= 4 is 12.3 Å². The van der Waals surface area contributed by atoms with Crippen LogP contribution < -0.4 is 10.9 Å². The van der Waals surface area contributed by atoms with Gasteiger partial charge >= 0.3 is 0 Å². The normalized spacial score (nSPS) is 14.8. The molecule has 2 aromatic rings. The third-order valence-electron chi connectivity index (χ3n) is 4.07. The van der Waals surface area contributed by atoms with Crippen LogP contribution >= 0.6 is 0 Å². The van der Waals surface area contributed by atoms with E-state index in [1.54, 1.807) is 5.01 Å². The Morgan fingerprint density at radius 1 is 1.27 bits per heavy atom. The van der Waals surface area contributed by atoms with Gasteiger partial charge in [0.25, 0.3) is 11.5 Å². The van der Waals surface area contributed by atoms with Crippen LogP contribution in [0.5, 0.6) is 5.75 Å². The molecule has 0 spiro atoms. The first-order valence-corrected chi connectivity index (χ1v) is 8.20. The predicted molar refractivity (Wildman–Crippen MR) is 92.4 cm³/mol. The Balaban J connectivity index is 1.91. The van der Waals surface area contributed by atoms with E-state index in [0.29, 0.717) is 32.6 Å². The van der Waals surface area contributed by atoms with E-state index in [0.717, 1.165) is 10.6 Å². The molecule has 0 radical (unpaired) electrons. The lowest BCUT2D eigenvalue weighted by atomic mass is 10.1. The number of hydrogen-bond donors (Lipinski definition) is 3. The van der Waals surface area contributed by atoms with Crippen LogP contribution in [0.2, 0.25) is 0 Å². The standard InChI is InChI=1S/C17H19N5O4/c23-11-22(21-8-6-18-7-9-21)17(26)14-15(24)16(25)20-13(19-14)10-12-4-2-1-3-5-12/h1-5,11,18,24H,6-10H2,(H,19,20,25). The molecule has 1 aliphatic heterocycles. The molecule has 3 rings (SSSR count). The molecule has 1 aromatic carbocycles. The van der Waals surface area contributed by atoms with Crippen molar-refractivity contribution in [3.05, 3.63) is 57.8 Å². The number of piperazine rings is 1. The van der Waals surface area contributed by atoms with Crippen LogP contribution in [0.1, 0.15) is 21.9 Å². The van der Waals surface area contributed by atoms with Crippen molar-refractivity contribution in [3.8, 4) is 5.75 Å². The van der Waals surface area contributed by atoms with Crippen molar-refractivity contribution in [2.75, 3.05) is 26.2 Å². The van der Waals surface area contributed by atoms with Crippen LogP contribution in [0.3, 0.4) is 0 Å². The molecular formula is C17H19N5O4. The molecule has 0 bridgehead atoms. The van der Waals surface area contributed by atoms with E-state index in [9.17, 15) is 19.5 Å². The molecule has 9 nitrogen and oxygen atoms in total. The second-order valence-electron chi connectivity index (χ2n) is 5.83. The number of H-pyrrole nitrogens is 1. The first kappa shape index (κ1) is 17.8. The summed E-state index contributed by atoms with van der Waals surface area (Å²) in [5.41, 5.74) is -0.375. The van der Waals surface area contributed by atoms with Gasteiger partial charge in [-0.2, -0.15) is 0 Å². The van der Waals surface area contributed by atoms with Crippen LogP contribution in [0, 0.1) is 0 Å². The molecule has 2 heterocycles. The number of hydrogen-bond acceptors (Lipinski definition) is 7. The number of aromatic hydroxyl groups is 1. The average molecular weight is 357 g/mol. The highest BCUT2D eigenvalue weighted by molar-refractivity contribution is 5.99. The van der Waals surface area contributed by atoms with Gasteiger partial charge in [0.15, 0.2) is 5.69 Å². The Kier molecular flexibility index (Phi) is 5.40. The Hall–Kier alpha value is -3.04. The maximum Gasteiger partial charge on any atom is 0.297 e. The zero-order valence-corrected chi connectivity index (χ0v) is 14.0. The predicted octanol–water partition coefficient (Wildman–Crippen LogP) is -0.515. The molecule has 1 saturated heterocycles. The number of hydrazine groups is 1. The minimum Gasteiger partial charge on any atom is -0.501 e. The Morgan fingerprint density at radius 2 is 1.96 bits per heavy atom. The van der Waals surface area contributed by atoms with E-state index in [4.69, 9.17) is 0 Å². The summed E-state index contributed by atoms with van der Waals surface area (Å²) in [6.45, 7) is 2.13. The molecule has 0 saturated carbocycles. The molecule has 26 heavy (non-hydrogen) atoms. The van der Waals surface area contributed by atoms with Gasteiger partial charge in [0.05, 0.1) is 0 Å². The van der Waals surface area contributed by atoms with Crippen molar-refractivity contribution < 1.29 is 14.7 Å². The first-order chi connectivity index (χ1) is 12.6. The van der Waals surface area contributed by atoms with Gasteiger partial charge < -0.3 is 15.4 Å². The summed E-state index contributed by atoms with van der Waals surface area (Å²) >= 11 is 0. The molecule has 136 valence electrons. The van der Waals surface area contributed by atoms with Gasteiger partial charge in [-0.05, 0) is 5.56 Å². The summed E-state index contributed by atoms with van der Waals surface area (Å²) in [4.78, 5) is 42.7. The van der Waals surface area contributed by atoms with Crippen LogP contribution in [0.25, 0.3) is 0 Å². The van der Waals surface area contributed by atoms with Gasteiger partial charge in [-0.3, -0.25) is 14.4 Å².